The lowest BCUT2D eigenvalue weighted by Crippen LogP contribution is -2.20. The van der Waals surface area contributed by atoms with Crippen LogP contribution in [0.3, 0.4) is 0 Å². The zero-order chi connectivity index (χ0) is 14.7. The Morgan fingerprint density at radius 2 is 1.86 bits per heavy atom. The van der Waals surface area contributed by atoms with Crippen molar-refractivity contribution in [2.75, 3.05) is 5.88 Å². The quantitative estimate of drug-likeness (QED) is 0.694. The van der Waals surface area contributed by atoms with Gasteiger partial charge in [-0.15, -0.1) is 11.6 Å². The molecule has 2 aromatic rings. The average Bonchev–Trinajstić information content (AvgIpc) is 2.91. The molecule has 0 fully saturated rings. The van der Waals surface area contributed by atoms with E-state index < -0.39 is 0 Å². The monoisotopic (exact) mass is 320 g/mol. The van der Waals surface area contributed by atoms with Gasteiger partial charge in [0.05, 0.1) is 0 Å². The molecule has 2 unspecified atom stereocenters. The fourth-order valence-corrected chi connectivity index (χ4v) is 3.38. The van der Waals surface area contributed by atoms with Crippen LogP contribution in [0.15, 0.2) is 48.5 Å². The van der Waals surface area contributed by atoms with Gasteiger partial charge < -0.3 is 4.74 Å². The summed E-state index contributed by atoms with van der Waals surface area (Å²) in [5.41, 5.74) is 2.47. The van der Waals surface area contributed by atoms with Gasteiger partial charge in [0.15, 0.2) is 0 Å². The minimum Gasteiger partial charge on any atom is -0.490 e. The number of rotatable bonds is 5. The van der Waals surface area contributed by atoms with Crippen LogP contribution in [0.25, 0.3) is 0 Å². The molecule has 0 saturated heterocycles. The van der Waals surface area contributed by atoms with Crippen molar-refractivity contribution in [1.82, 2.24) is 0 Å². The largest absolute Gasteiger partial charge is 0.490 e. The highest BCUT2D eigenvalue weighted by molar-refractivity contribution is 6.31. The van der Waals surface area contributed by atoms with E-state index in [4.69, 9.17) is 27.9 Å². The van der Waals surface area contributed by atoms with Crippen molar-refractivity contribution < 1.29 is 4.74 Å². The Morgan fingerprint density at radius 1 is 1.10 bits per heavy atom. The standard InChI is InChI=1S/C18H18Cl2O/c19-12-13(9-14-5-1-3-7-17(14)20)10-16-11-15-6-2-4-8-18(15)21-16/h1-8,13,16H,9-12H2. The smallest absolute Gasteiger partial charge is 0.123 e. The van der Waals surface area contributed by atoms with Gasteiger partial charge in [0.2, 0.25) is 0 Å². The van der Waals surface area contributed by atoms with Gasteiger partial charge in [0.25, 0.3) is 0 Å². The van der Waals surface area contributed by atoms with Crippen LogP contribution in [0.1, 0.15) is 17.5 Å². The summed E-state index contributed by atoms with van der Waals surface area (Å²) in [7, 11) is 0. The molecule has 1 aliphatic heterocycles. The van der Waals surface area contributed by atoms with E-state index >= 15 is 0 Å². The third-order valence-electron chi connectivity index (χ3n) is 3.99. The number of para-hydroxylation sites is 1. The highest BCUT2D eigenvalue weighted by Gasteiger charge is 2.25. The lowest BCUT2D eigenvalue weighted by Gasteiger charge is -2.19. The number of halogens is 2. The van der Waals surface area contributed by atoms with Crippen molar-refractivity contribution in [1.29, 1.82) is 0 Å². The minimum absolute atomic E-state index is 0.230. The van der Waals surface area contributed by atoms with E-state index in [1.165, 1.54) is 11.1 Å². The zero-order valence-corrected chi connectivity index (χ0v) is 13.3. The van der Waals surface area contributed by atoms with Crippen LogP contribution in [-0.2, 0) is 12.8 Å². The number of ether oxygens (including phenoxy) is 1. The number of hydrogen-bond acceptors (Lipinski definition) is 1. The van der Waals surface area contributed by atoms with Crippen LogP contribution >= 0.6 is 23.2 Å². The van der Waals surface area contributed by atoms with E-state index in [2.05, 4.69) is 18.2 Å². The van der Waals surface area contributed by atoms with Crippen LogP contribution in [0, 0.1) is 5.92 Å². The maximum atomic E-state index is 6.24. The first-order valence-corrected chi connectivity index (χ1v) is 8.21. The predicted molar refractivity (Wildman–Crippen MR) is 88.5 cm³/mol. The zero-order valence-electron chi connectivity index (χ0n) is 11.8. The Labute approximate surface area is 135 Å². The summed E-state index contributed by atoms with van der Waals surface area (Å²) in [5.74, 6) is 2.03. The summed E-state index contributed by atoms with van der Waals surface area (Å²) in [6.45, 7) is 0. The van der Waals surface area contributed by atoms with Gasteiger partial charge in [-0.1, -0.05) is 48.0 Å². The van der Waals surface area contributed by atoms with Crippen molar-refractivity contribution in [3.63, 3.8) is 0 Å². The maximum Gasteiger partial charge on any atom is 0.123 e. The van der Waals surface area contributed by atoms with Crippen LogP contribution in [0.2, 0.25) is 5.02 Å². The molecule has 3 rings (SSSR count). The van der Waals surface area contributed by atoms with Crippen molar-refractivity contribution in [3.8, 4) is 5.75 Å². The number of alkyl halides is 1. The fraction of sp³-hybridized carbons (Fsp3) is 0.333. The molecule has 0 N–H and O–H groups in total. The highest BCUT2D eigenvalue weighted by Crippen LogP contribution is 2.32. The molecule has 0 radical (unpaired) electrons. The molecule has 0 bridgehead atoms. The first-order valence-electron chi connectivity index (χ1n) is 7.30. The van der Waals surface area contributed by atoms with Gasteiger partial charge in [-0.05, 0) is 42.0 Å². The van der Waals surface area contributed by atoms with E-state index in [1.807, 2.05) is 30.3 Å². The van der Waals surface area contributed by atoms with Gasteiger partial charge in [-0.2, -0.15) is 0 Å². The summed E-state index contributed by atoms with van der Waals surface area (Å²) < 4.78 is 6.02. The number of fused-ring (bicyclic) bond motifs is 1. The van der Waals surface area contributed by atoms with Crippen LogP contribution in [-0.4, -0.2) is 12.0 Å². The van der Waals surface area contributed by atoms with Gasteiger partial charge in [-0.3, -0.25) is 0 Å². The Hall–Kier alpha value is -1.18. The van der Waals surface area contributed by atoms with Crippen molar-refractivity contribution >= 4 is 23.2 Å². The SMILES string of the molecule is ClCC(Cc1ccccc1Cl)CC1Cc2ccccc2O1. The van der Waals surface area contributed by atoms with E-state index in [0.29, 0.717) is 11.8 Å². The summed E-state index contributed by atoms with van der Waals surface area (Å²) in [6, 6.07) is 16.2. The molecule has 1 nitrogen and oxygen atoms in total. The molecule has 1 aliphatic rings. The summed E-state index contributed by atoms with van der Waals surface area (Å²) in [5, 5.41) is 0.822. The Morgan fingerprint density at radius 3 is 2.62 bits per heavy atom. The summed E-state index contributed by atoms with van der Waals surface area (Å²) >= 11 is 12.4. The van der Waals surface area contributed by atoms with Gasteiger partial charge in [-0.25, -0.2) is 0 Å². The molecule has 21 heavy (non-hydrogen) atoms. The van der Waals surface area contributed by atoms with E-state index in [-0.39, 0.29) is 6.10 Å². The average molecular weight is 321 g/mol. The van der Waals surface area contributed by atoms with Crippen LogP contribution in [0.5, 0.6) is 5.75 Å². The number of hydrogen-bond donors (Lipinski definition) is 0. The Kier molecular flexibility index (Phi) is 4.72. The predicted octanol–water partition coefficient (Wildman–Crippen LogP) is 5.13. The molecule has 0 saturated carbocycles. The van der Waals surface area contributed by atoms with Gasteiger partial charge in [0, 0.05) is 17.3 Å². The van der Waals surface area contributed by atoms with Gasteiger partial charge in [0.1, 0.15) is 11.9 Å². The molecule has 0 aliphatic carbocycles. The summed E-state index contributed by atoms with van der Waals surface area (Å²) in [6.07, 6.45) is 3.07. The lowest BCUT2D eigenvalue weighted by atomic mass is 9.93. The molecular formula is C18H18Cl2O. The number of benzene rings is 2. The molecule has 3 heteroatoms. The molecule has 2 atom stereocenters. The Bertz CT molecular complexity index is 587. The van der Waals surface area contributed by atoms with Crippen LogP contribution in [0.4, 0.5) is 0 Å². The lowest BCUT2D eigenvalue weighted by molar-refractivity contribution is 0.198. The molecule has 1 heterocycles. The van der Waals surface area contributed by atoms with Crippen LogP contribution < -0.4 is 4.74 Å². The molecule has 0 spiro atoms. The highest BCUT2D eigenvalue weighted by atomic mass is 35.5. The van der Waals surface area contributed by atoms with Gasteiger partial charge >= 0.3 is 0 Å². The molecule has 110 valence electrons. The third-order valence-corrected chi connectivity index (χ3v) is 4.80. The first kappa shape index (κ1) is 14.7. The van der Waals surface area contributed by atoms with Crippen molar-refractivity contribution in [2.45, 2.75) is 25.4 Å². The topological polar surface area (TPSA) is 9.23 Å². The molecule has 0 aromatic heterocycles. The molecular weight excluding hydrogens is 303 g/mol. The summed E-state index contributed by atoms with van der Waals surface area (Å²) in [4.78, 5) is 0. The maximum absolute atomic E-state index is 6.24. The molecule has 0 amide bonds. The second kappa shape index (κ2) is 6.72. The second-order valence-electron chi connectivity index (χ2n) is 5.60. The fourth-order valence-electron chi connectivity index (χ4n) is 2.93. The Balaban J connectivity index is 1.63. The first-order chi connectivity index (χ1) is 10.3. The second-order valence-corrected chi connectivity index (χ2v) is 6.32. The molecule has 2 aromatic carbocycles. The van der Waals surface area contributed by atoms with Crippen molar-refractivity contribution in [2.24, 2.45) is 5.92 Å². The van der Waals surface area contributed by atoms with E-state index in [9.17, 15) is 0 Å². The van der Waals surface area contributed by atoms with Crippen molar-refractivity contribution in [3.05, 3.63) is 64.7 Å². The normalized spacial score (nSPS) is 18.1. The third kappa shape index (κ3) is 3.53. The van der Waals surface area contributed by atoms with E-state index in [0.717, 1.165) is 30.0 Å². The minimum atomic E-state index is 0.230. The van der Waals surface area contributed by atoms with E-state index in [1.54, 1.807) is 0 Å².